The van der Waals surface area contributed by atoms with Gasteiger partial charge in [-0.05, 0) is 37.1 Å². The number of ether oxygens (including phenoxy) is 1. The Morgan fingerprint density at radius 2 is 1.59 bits per heavy atom. The van der Waals surface area contributed by atoms with Gasteiger partial charge < -0.3 is 19.1 Å². The van der Waals surface area contributed by atoms with Gasteiger partial charge in [0, 0.05) is 48.6 Å². The Labute approximate surface area is 185 Å². The molecule has 0 unspecified atom stereocenters. The topological polar surface area (TPSA) is 80.4 Å². The summed E-state index contributed by atoms with van der Waals surface area (Å²) < 4.78 is 10.8. The zero-order chi connectivity index (χ0) is 21.5. The van der Waals surface area contributed by atoms with E-state index in [0.29, 0.717) is 17.5 Å². The van der Waals surface area contributed by atoms with Gasteiger partial charge in [0.2, 0.25) is 0 Å². The lowest BCUT2D eigenvalue weighted by Gasteiger charge is -2.37. The number of hydrogen-bond donors (Lipinski definition) is 0. The number of fused-ring (bicyclic) bond motifs is 1. The zero-order valence-electron chi connectivity index (χ0n) is 17.9. The molecular weight excluding hydrogens is 404 g/mol. The molecule has 1 aliphatic heterocycles. The lowest BCUT2D eigenvalue weighted by atomic mass is 10.1. The fourth-order valence-corrected chi connectivity index (χ4v) is 4.29. The molecule has 3 heterocycles. The van der Waals surface area contributed by atoms with E-state index in [1.54, 1.807) is 7.11 Å². The molecule has 2 aromatic heterocycles. The minimum atomic E-state index is 0.438. The molecule has 32 heavy (non-hydrogen) atoms. The van der Waals surface area contributed by atoms with Crippen LogP contribution in [0.2, 0.25) is 0 Å². The molecule has 6 rings (SSSR count). The summed E-state index contributed by atoms with van der Waals surface area (Å²) in [6.45, 7) is 3.57. The van der Waals surface area contributed by atoms with Crippen LogP contribution < -0.4 is 14.5 Å². The number of methoxy groups -OCH3 is 1. The number of nitrogens with zero attached hydrogens (tertiary/aromatic N) is 6. The Morgan fingerprint density at radius 3 is 2.31 bits per heavy atom. The Hall–Kier alpha value is -3.68. The number of hydrogen-bond acceptors (Lipinski definition) is 8. The smallest absolute Gasteiger partial charge is 0.279 e. The van der Waals surface area contributed by atoms with Gasteiger partial charge in [-0.3, -0.25) is 0 Å². The molecular formula is C24H24N6O2. The van der Waals surface area contributed by atoms with Crippen LogP contribution in [0.4, 0.5) is 11.5 Å². The van der Waals surface area contributed by atoms with Gasteiger partial charge in [0.25, 0.3) is 5.89 Å². The largest absolute Gasteiger partial charge is 0.497 e. The molecule has 8 heteroatoms. The van der Waals surface area contributed by atoms with Crippen molar-refractivity contribution in [1.29, 1.82) is 0 Å². The van der Waals surface area contributed by atoms with Crippen LogP contribution in [0.25, 0.3) is 22.4 Å². The van der Waals surface area contributed by atoms with Crippen LogP contribution >= 0.6 is 0 Å². The first-order valence-corrected chi connectivity index (χ1v) is 11.0. The average Bonchev–Trinajstić information content (AvgIpc) is 3.60. The van der Waals surface area contributed by atoms with Gasteiger partial charge in [-0.1, -0.05) is 29.4 Å². The molecule has 1 saturated heterocycles. The SMILES string of the molecule is COc1ccc(N2CCN(c3nnc(-c4nc(C5CC5)no4)c4ccccc34)CC2)cc1. The van der Waals surface area contributed by atoms with E-state index in [9.17, 15) is 0 Å². The molecule has 2 aromatic carbocycles. The quantitative estimate of drug-likeness (QED) is 0.474. The van der Waals surface area contributed by atoms with E-state index in [1.165, 1.54) is 5.69 Å². The summed E-state index contributed by atoms with van der Waals surface area (Å²) in [6, 6.07) is 16.4. The molecule has 0 N–H and O–H groups in total. The maximum Gasteiger partial charge on any atom is 0.279 e. The van der Waals surface area contributed by atoms with Crippen LogP contribution in [0.15, 0.2) is 53.1 Å². The van der Waals surface area contributed by atoms with Crippen molar-refractivity contribution >= 4 is 22.3 Å². The van der Waals surface area contributed by atoms with Crippen LogP contribution in [-0.2, 0) is 0 Å². The third-order valence-corrected chi connectivity index (χ3v) is 6.27. The summed E-state index contributed by atoms with van der Waals surface area (Å²) >= 11 is 0. The van der Waals surface area contributed by atoms with Gasteiger partial charge in [-0.2, -0.15) is 4.98 Å². The van der Waals surface area contributed by atoms with E-state index in [0.717, 1.165) is 67.2 Å². The molecule has 4 aromatic rings. The van der Waals surface area contributed by atoms with Crippen molar-refractivity contribution < 1.29 is 9.26 Å². The van der Waals surface area contributed by atoms with Crippen LogP contribution in [0.5, 0.6) is 5.75 Å². The fraction of sp³-hybridized carbons (Fsp3) is 0.333. The second-order valence-electron chi connectivity index (χ2n) is 8.32. The predicted octanol–water partition coefficient (Wildman–Crippen LogP) is 3.89. The lowest BCUT2D eigenvalue weighted by Crippen LogP contribution is -2.47. The Kier molecular flexibility index (Phi) is 4.63. The predicted molar refractivity (Wildman–Crippen MR) is 122 cm³/mol. The highest BCUT2D eigenvalue weighted by atomic mass is 16.5. The molecule has 8 nitrogen and oxygen atoms in total. The van der Waals surface area contributed by atoms with Crippen molar-refractivity contribution in [2.24, 2.45) is 0 Å². The molecule has 0 amide bonds. The third kappa shape index (κ3) is 3.41. The van der Waals surface area contributed by atoms with Gasteiger partial charge >= 0.3 is 0 Å². The minimum Gasteiger partial charge on any atom is -0.497 e. The number of piperazine rings is 1. The first kappa shape index (κ1) is 19.0. The van der Waals surface area contributed by atoms with Crippen molar-refractivity contribution in [2.45, 2.75) is 18.8 Å². The van der Waals surface area contributed by atoms with Crippen molar-refractivity contribution in [3.05, 3.63) is 54.4 Å². The first-order valence-electron chi connectivity index (χ1n) is 11.0. The highest BCUT2D eigenvalue weighted by Gasteiger charge is 2.30. The van der Waals surface area contributed by atoms with Crippen molar-refractivity contribution in [3.63, 3.8) is 0 Å². The molecule has 0 radical (unpaired) electrons. The maximum absolute atomic E-state index is 5.53. The number of benzene rings is 2. The van der Waals surface area contributed by atoms with Gasteiger partial charge in [0.1, 0.15) is 5.75 Å². The third-order valence-electron chi connectivity index (χ3n) is 6.27. The molecule has 1 saturated carbocycles. The van der Waals surface area contributed by atoms with E-state index < -0.39 is 0 Å². The lowest BCUT2D eigenvalue weighted by molar-refractivity contribution is 0.415. The molecule has 0 spiro atoms. The molecule has 2 fully saturated rings. The summed E-state index contributed by atoms with van der Waals surface area (Å²) in [5.41, 5.74) is 1.86. The molecule has 0 atom stereocenters. The summed E-state index contributed by atoms with van der Waals surface area (Å²) in [4.78, 5) is 9.28. The van der Waals surface area contributed by atoms with Gasteiger partial charge in [0.05, 0.1) is 7.11 Å². The Balaban J connectivity index is 1.26. The molecule has 1 aliphatic carbocycles. The maximum atomic E-state index is 5.53. The van der Waals surface area contributed by atoms with Crippen LogP contribution in [0, 0.1) is 0 Å². The summed E-state index contributed by atoms with van der Waals surface area (Å²) in [7, 11) is 1.69. The fourth-order valence-electron chi connectivity index (χ4n) is 4.29. The number of anilines is 2. The Bertz CT molecular complexity index is 1240. The first-order chi connectivity index (χ1) is 15.8. The van der Waals surface area contributed by atoms with E-state index >= 15 is 0 Å². The van der Waals surface area contributed by atoms with E-state index in [4.69, 9.17) is 9.26 Å². The summed E-state index contributed by atoms with van der Waals surface area (Å²) in [5, 5.41) is 15.3. The van der Waals surface area contributed by atoms with Crippen molar-refractivity contribution in [3.8, 4) is 17.3 Å². The van der Waals surface area contributed by atoms with E-state index in [-0.39, 0.29) is 0 Å². The van der Waals surface area contributed by atoms with E-state index in [1.807, 2.05) is 24.3 Å². The molecule has 0 bridgehead atoms. The van der Waals surface area contributed by atoms with Gasteiger partial charge in [0.15, 0.2) is 17.3 Å². The van der Waals surface area contributed by atoms with Gasteiger partial charge in [-0.25, -0.2) is 0 Å². The molecule has 2 aliphatic rings. The average molecular weight is 428 g/mol. The van der Waals surface area contributed by atoms with E-state index in [2.05, 4.69) is 54.4 Å². The van der Waals surface area contributed by atoms with Crippen LogP contribution in [0.1, 0.15) is 24.6 Å². The standard InChI is InChI=1S/C24H24N6O2/c1-31-18-10-8-17(9-11-18)29-12-14-30(15-13-29)23-20-5-3-2-4-19(20)21(26-27-23)24-25-22(28-32-24)16-6-7-16/h2-5,8-11,16H,6-7,12-15H2,1H3. The summed E-state index contributed by atoms with van der Waals surface area (Å²) in [6.07, 6.45) is 2.26. The number of aromatic nitrogens is 4. The van der Waals surface area contributed by atoms with Crippen molar-refractivity contribution in [2.75, 3.05) is 43.1 Å². The second-order valence-corrected chi connectivity index (χ2v) is 8.32. The zero-order valence-corrected chi connectivity index (χ0v) is 17.9. The highest BCUT2D eigenvalue weighted by Crippen LogP contribution is 2.39. The number of rotatable bonds is 5. The highest BCUT2D eigenvalue weighted by molar-refractivity contribution is 5.99. The second kappa shape index (κ2) is 7.78. The monoisotopic (exact) mass is 428 g/mol. The minimum absolute atomic E-state index is 0.438. The summed E-state index contributed by atoms with van der Waals surface area (Å²) in [5.74, 6) is 3.45. The normalized spacial score (nSPS) is 16.5. The molecule has 162 valence electrons. The van der Waals surface area contributed by atoms with Crippen molar-refractivity contribution in [1.82, 2.24) is 20.3 Å². The van der Waals surface area contributed by atoms with Crippen LogP contribution in [0.3, 0.4) is 0 Å². The van der Waals surface area contributed by atoms with Crippen LogP contribution in [-0.4, -0.2) is 53.6 Å². The Morgan fingerprint density at radius 1 is 0.875 bits per heavy atom. The van der Waals surface area contributed by atoms with Gasteiger partial charge in [-0.15, -0.1) is 10.2 Å².